The lowest BCUT2D eigenvalue weighted by atomic mass is 9.98. The summed E-state index contributed by atoms with van der Waals surface area (Å²) in [5, 5.41) is 4.70. The molecule has 270 valence electrons. The van der Waals surface area contributed by atoms with Gasteiger partial charge in [0.2, 0.25) is 0 Å². The van der Waals surface area contributed by atoms with Gasteiger partial charge in [-0.05, 0) is 40.7 Å². The van der Waals surface area contributed by atoms with Gasteiger partial charge in [-0.3, -0.25) is 0 Å². The number of fused-ring (bicyclic) bond motifs is 6. The predicted molar refractivity (Wildman–Crippen MR) is 231 cm³/mol. The van der Waals surface area contributed by atoms with Crippen molar-refractivity contribution in [3.63, 3.8) is 0 Å². The number of hydrogen-bond acceptors (Lipinski definition) is 4. The number of nitrogens with zero attached hydrogens (tertiary/aromatic N) is 4. The largest absolute Gasteiger partial charge is 0.453 e. The summed E-state index contributed by atoms with van der Waals surface area (Å²) >= 11 is 0. The number of aromatic nitrogens is 4. The lowest BCUT2D eigenvalue weighted by Crippen LogP contribution is -2.01. The Morgan fingerprint density at radius 3 is 1.43 bits per heavy atom. The molecule has 3 aromatic heterocycles. The summed E-state index contributed by atoms with van der Waals surface area (Å²) in [6.07, 6.45) is 0. The SMILES string of the molecule is CC(C)c1cccc2c3cccc(C(C)C)c3n(-c3cccc4c3oc3c(-c5cccc(-c6nc(-c7ccccc7)nc(-c7ccccc7)n6)c5)cccc34)c12. The van der Waals surface area contributed by atoms with Gasteiger partial charge in [-0.15, -0.1) is 0 Å². The smallest absolute Gasteiger partial charge is 0.164 e. The lowest BCUT2D eigenvalue weighted by Gasteiger charge is -2.16. The van der Waals surface area contributed by atoms with E-state index in [0.29, 0.717) is 29.3 Å². The second-order valence-corrected chi connectivity index (χ2v) is 15.2. The van der Waals surface area contributed by atoms with Crippen LogP contribution in [0.4, 0.5) is 0 Å². The van der Waals surface area contributed by atoms with E-state index < -0.39 is 0 Å². The lowest BCUT2D eigenvalue weighted by molar-refractivity contribution is 0.667. The van der Waals surface area contributed by atoms with Gasteiger partial charge in [0.25, 0.3) is 0 Å². The van der Waals surface area contributed by atoms with Gasteiger partial charge in [-0.2, -0.15) is 0 Å². The van der Waals surface area contributed by atoms with Crippen molar-refractivity contribution in [3.05, 3.63) is 169 Å². The molecule has 0 aliphatic rings. The van der Waals surface area contributed by atoms with Crippen molar-refractivity contribution in [1.82, 2.24) is 19.5 Å². The zero-order valence-corrected chi connectivity index (χ0v) is 31.9. The van der Waals surface area contributed by atoms with Gasteiger partial charge in [0.1, 0.15) is 5.58 Å². The van der Waals surface area contributed by atoms with Crippen LogP contribution >= 0.6 is 0 Å². The van der Waals surface area contributed by atoms with E-state index in [2.05, 4.69) is 129 Å². The zero-order valence-electron chi connectivity index (χ0n) is 31.9. The molecule has 5 heteroatoms. The van der Waals surface area contributed by atoms with E-state index in [9.17, 15) is 0 Å². The highest BCUT2D eigenvalue weighted by molar-refractivity contribution is 6.15. The van der Waals surface area contributed by atoms with E-state index in [1.165, 1.54) is 32.9 Å². The van der Waals surface area contributed by atoms with Crippen molar-refractivity contribution < 1.29 is 4.42 Å². The Morgan fingerprint density at radius 2 is 0.857 bits per heavy atom. The monoisotopic (exact) mass is 724 g/mol. The molecule has 0 spiro atoms. The summed E-state index contributed by atoms with van der Waals surface area (Å²) in [6, 6.07) is 55.2. The number of para-hydroxylation sites is 4. The van der Waals surface area contributed by atoms with Crippen LogP contribution in [0.2, 0.25) is 0 Å². The number of rotatable bonds is 7. The second kappa shape index (κ2) is 13.5. The van der Waals surface area contributed by atoms with Gasteiger partial charge in [0, 0.05) is 43.8 Å². The topological polar surface area (TPSA) is 56.7 Å². The fourth-order valence-corrected chi connectivity index (χ4v) is 8.31. The summed E-state index contributed by atoms with van der Waals surface area (Å²) in [7, 11) is 0. The van der Waals surface area contributed by atoms with Crippen LogP contribution in [0.5, 0.6) is 0 Å². The molecule has 5 nitrogen and oxygen atoms in total. The van der Waals surface area contributed by atoms with E-state index in [4.69, 9.17) is 19.4 Å². The fourth-order valence-electron chi connectivity index (χ4n) is 8.31. The quantitative estimate of drug-likeness (QED) is 0.164. The average Bonchev–Trinajstić information content (AvgIpc) is 3.80. The van der Waals surface area contributed by atoms with Gasteiger partial charge in [-0.25, -0.2) is 15.0 Å². The molecule has 0 aliphatic heterocycles. The summed E-state index contributed by atoms with van der Waals surface area (Å²) < 4.78 is 9.61. The molecule has 0 unspecified atom stereocenters. The van der Waals surface area contributed by atoms with Crippen molar-refractivity contribution in [1.29, 1.82) is 0 Å². The van der Waals surface area contributed by atoms with E-state index in [-0.39, 0.29) is 0 Å². The highest BCUT2D eigenvalue weighted by atomic mass is 16.3. The summed E-state index contributed by atoms with van der Waals surface area (Å²) in [4.78, 5) is 14.9. The molecule has 0 saturated heterocycles. The van der Waals surface area contributed by atoms with E-state index in [0.717, 1.165) is 55.4 Å². The first-order chi connectivity index (χ1) is 27.4. The van der Waals surface area contributed by atoms with Gasteiger partial charge in [0.05, 0.1) is 16.7 Å². The normalized spacial score (nSPS) is 11.9. The van der Waals surface area contributed by atoms with Gasteiger partial charge < -0.3 is 8.98 Å². The third-order valence-corrected chi connectivity index (χ3v) is 11.0. The molecule has 3 heterocycles. The van der Waals surface area contributed by atoms with Crippen molar-refractivity contribution in [2.45, 2.75) is 39.5 Å². The Kier molecular flexibility index (Phi) is 8.10. The highest BCUT2D eigenvalue weighted by Crippen LogP contribution is 2.44. The minimum absolute atomic E-state index is 0.343. The van der Waals surface area contributed by atoms with Crippen LogP contribution in [0.25, 0.3) is 94.7 Å². The molecule has 56 heavy (non-hydrogen) atoms. The van der Waals surface area contributed by atoms with Crippen LogP contribution in [0.15, 0.2) is 162 Å². The third kappa shape index (κ3) is 5.50. The molecule has 0 amide bonds. The Bertz CT molecular complexity index is 2960. The van der Waals surface area contributed by atoms with E-state index >= 15 is 0 Å². The molecule has 0 bridgehead atoms. The van der Waals surface area contributed by atoms with Crippen molar-refractivity contribution in [2.75, 3.05) is 0 Å². The number of benzene rings is 7. The minimum atomic E-state index is 0.343. The molecular weight excluding hydrogens is 685 g/mol. The standard InChI is InChI=1S/C51H40N4O/c1-31(2)37-22-12-25-40-41-26-13-23-38(32(3)4)46(41)55(45(37)40)44-29-15-28-43-42-27-14-24-39(47(42)56-48(43)44)35-20-11-21-36(30-35)51-53-49(33-16-7-5-8-17-33)52-50(54-51)34-18-9-6-10-19-34/h5-32H,1-4H3. The Labute approximate surface area is 326 Å². The predicted octanol–water partition coefficient (Wildman–Crippen LogP) is 13.8. The molecule has 0 atom stereocenters. The van der Waals surface area contributed by atoms with Gasteiger partial charge in [-0.1, -0.05) is 173 Å². The van der Waals surface area contributed by atoms with Crippen molar-refractivity contribution in [3.8, 4) is 51.0 Å². The van der Waals surface area contributed by atoms with Gasteiger partial charge in [0.15, 0.2) is 23.1 Å². The van der Waals surface area contributed by atoms with Crippen LogP contribution in [-0.2, 0) is 0 Å². The fraction of sp³-hybridized carbons (Fsp3) is 0.118. The third-order valence-electron chi connectivity index (χ3n) is 11.0. The van der Waals surface area contributed by atoms with Crippen molar-refractivity contribution in [2.24, 2.45) is 0 Å². The summed E-state index contributed by atoms with van der Waals surface area (Å²) in [5.41, 5.74) is 12.7. The molecule has 0 radical (unpaired) electrons. The molecule has 0 N–H and O–H groups in total. The maximum absolute atomic E-state index is 7.13. The first-order valence-electron chi connectivity index (χ1n) is 19.4. The number of hydrogen-bond donors (Lipinski definition) is 0. The summed E-state index contributed by atoms with van der Waals surface area (Å²) in [6.45, 7) is 9.13. The van der Waals surface area contributed by atoms with E-state index in [1.807, 2.05) is 60.7 Å². The number of furan rings is 1. The van der Waals surface area contributed by atoms with Crippen molar-refractivity contribution >= 4 is 43.7 Å². The molecule has 0 aliphatic carbocycles. The maximum atomic E-state index is 7.13. The van der Waals surface area contributed by atoms with Crippen LogP contribution in [0.3, 0.4) is 0 Å². The van der Waals surface area contributed by atoms with Crippen LogP contribution in [-0.4, -0.2) is 19.5 Å². The highest BCUT2D eigenvalue weighted by Gasteiger charge is 2.24. The Balaban J connectivity index is 1.18. The molecule has 10 rings (SSSR count). The molecular formula is C51H40N4O. The summed E-state index contributed by atoms with van der Waals surface area (Å²) in [5.74, 6) is 2.58. The molecule has 0 fully saturated rings. The molecule has 7 aromatic carbocycles. The first-order valence-corrected chi connectivity index (χ1v) is 19.4. The first kappa shape index (κ1) is 33.7. The Hall–Kier alpha value is -6.85. The minimum Gasteiger partial charge on any atom is -0.453 e. The second-order valence-electron chi connectivity index (χ2n) is 15.2. The van der Waals surface area contributed by atoms with Crippen LogP contribution in [0, 0.1) is 0 Å². The molecule has 0 saturated carbocycles. The average molecular weight is 725 g/mol. The van der Waals surface area contributed by atoms with Crippen LogP contribution < -0.4 is 0 Å². The van der Waals surface area contributed by atoms with E-state index in [1.54, 1.807) is 0 Å². The molecule has 10 aromatic rings. The van der Waals surface area contributed by atoms with Crippen LogP contribution in [0.1, 0.15) is 50.7 Å². The zero-order chi connectivity index (χ0) is 37.9. The van der Waals surface area contributed by atoms with Gasteiger partial charge >= 0.3 is 0 Å². The maximum Gasteiger partial charge on any atom is 0.164 e. The Morgan fingerprint density at radius 1 is 0.411 bits per heavy atom.